The van der Waals surface area contributed by atoms with E-state index in [1.54, 1.807) is 11.8 Å². The Morgan fingerprint density at radius 1 is 0.977 bits per heavy atom. The van der Waals surface area contributed by atoms with Gasteiger partial charge in [0.2, 0.25) is 0 Å². The van der Waals surface area contributed by atoms with E-state index in [-0.39, 0.29) is 30.1 Å². The van der Waals surface area contributed by atoms with Gasteiger partial charge in [-0.25, -0.2) is 0 Å². The zero-order valence-electron chi connectivity index (χ0n) is 24.6. The summed E-state index contributed by atoms with van der Waals surface area (Å²) in [6.45, 7) is 3.59. The average Bonchev–Trinajstić information content (AvgIpc) is 3.68. The van der Waals surface area contributed by atoms with Crippen LogP contribution >= 0.6 is 11.8 Å². The van der Waals surface area contributed by atoms with Crippen molar-refractivity contribution < 1.29 is 9.53 Å². The minimum absolute atomic E-state index is 0.0304. The Hall–Kier alpha value is -4.07. The fraction of sp³-hybridized carbons (Fsp3) is 0.297. The van der Waals surface area contributed by atoms with Crippen LogP contribution in [0.25, 0.3) is 22.0 Å². The number of rotatable bonds is 4. The lowest BCUT2D eigenvalue weighted by atomic mass is 9.55. The van der Waals surface area contributed by atoms with Gasteiger partial charge in [0.25, 0.3) is 5.56 Å². The summed E-state index contributed by atoms with van der Waals surface area (Å²) in [6, 6.07) is 29.2. The van der Waals surface area contributed by atoms with E-state index in [0.717, 1.165) is 57.0 Å². The van der Waals surface area contributed by atoms with Gasteiger partial charge in [0.05, 0.1) is 17.7 Å². The van der Waals surface area contributed by atoms with Crippen LogP contribution in [0.3, 0.4) is 0 Å². The minimum Gasteiger partial charge on any atom is -0.465 e. The Balaban J connectivity index is 1.42. The van der Waals surface area contributed by atoms with E-state index in [1.807, 2.05) is 23.6 Å². The van der Waals surface area contributed by atoms with Gasteiger partial charge in [-0.05, 0) is 48.1 Å². The van der Waals surface area contributed by atoms with Crippen LogP contribution in [0.5, 0.6) is 0 Å². The predicted octanol–water partition coefficient (Wildman–Crippen LogP) is 6.74. The third-order valence-corrected chi connectivity index (χ3v) is 11.6. The number of hydrogen-bond acceptors (Lipinski definition) is 5. The van der Waals surface area contributed by atoms with Crippen molar-refractivity contribution in [1.29, 1.82) is 0 Å². The molecule has 0 spiro atoms. The molecule has 1 N–H and O–H groups in total. The summed E-state index contributed by atoms with van der Waals surface area (Å²) in [7, 11) is 0. The Morgan fingerprint density at radius 2 is 1.73 bits per heavy atom. The fourth-order valence-corrected chi connectivity index (χ4v) is 10.2. The van der Waals surface area contributed by atoms with Crippen LogP contribution in [0, 0.1) is 0 Å². The molecule has 0 radical (unpaired) electrons. The number of piperidine rings is 1. The molecule has 10 rings (SSSR count). The van der Waals surface area contributed by atoms with E-state index >= 15 is 0 Å². The number of hydrogen-bond donors (Lipinski definition) is 1. The summed E-state index contributed by atoms with van der Waals surface area (Å²) in [5, 5.41) is 2.22. The van der Waals surface area contributed by atoms with Crippen LogP contribution in [0.2, 0.25) is 0 Å². The van der Waals surface area contributed by atoms with E-state index in [2.05, 4.69) is 82.7 Å². The fourth-order valence-electron chi connectivity index (χ4n) is 8.99. The van der Waals surface area contributed by atoms with Crippen LogP contribution in [0.15, 0.2) is 94.7 Å². The zero-order chi connectivity index (χ0) is 29.6. The van der Waals surface area contributed by atoms with Gasteiger partial charge in [-0.3, -0.25) is 14.5 Å². The van der Waals surface area contributed by atoms with Crippen molar-refractivity contribution >= 4 is 28.6 Å². The molecule has 6 nitrogen and oxygen atoms in total. The first-order valence-electron chi connectivity index (χ1n) is 15.7. The number of nitrogens with zero attached hydrogens (tertiary/aromatic N) is 2. The number of aromatic nitrogens is 2. The predicted molar refractivity (Wildman–Crippen MR) is 173 cm³/mol. The summed E-state index contributed by atoms with van der Waals surface area (Å²) >= 11 is 1.78. The molecule has 1 aliphatic carbocycles. The van der Waals surface area contributed by atoms with Crippen molar-refractivity contribution in [3.8, 4) is 11.1 Å². The molecule has 0 saturated carbocycles. The molecule has 4 bridgehead atoms. The molecule has 2 aromatic heterocycles. The standard InChI is InChI=1S/C37H33N3O3S/c1-2-43-36(42)37-21-26-29-28(22-11-5-3-6-12-22)35-40(19-20-44-35)34(41)30(29)33(37)39(31(26)23-13-7-4-8-14-23)18-17-25-24-15-9-10-16-27(24)38-32(25)37/h3-16,26,31,33,38H,2,17-21H2,1H3/t26-,31+,33-,37+/m1/s1. The molecule has 1 fully saturated rings. The molecule has 44 heavy (non-hydrogen) atoms. The number of fused-ring (bicyclic) bond motifs is 4. The maximum Gasteiger partial charge on any atom is 0.320 e. The smallest absolute Gasteiger partial charge is 0.320 e. The van der Waals surface area contributed by atoms with Crippen LogP contribution in [0.4, 0.5) is 0 Å². The molecule has 1 unspecified atom stereocenters. The molecule has 6 heterocycles. The molecular weight excluding hydrogens is 566 g/mol. The van der Waals surface area contributed by atoms with Gasteiger partial charge in [0.15, 0.2) is 0 Å². The largest absolute Gasteiger partial charge is 0.465 e. The highest BCUT2D eigenvalue weighted by Crippen LogP contribution is 2.67. The van der Waals surface area contributed by atoms with Gasteiger partial charge in [-0.2, -0.15) is 0 Å². The van der Waals surface area contributed by atoms with Gasteiger partial charge < -0.3 is 14.3 Å². The highest BCUT2D eigenvalue weighted by atomic mass is 32.2. The van der Waals surface area contributed by atoms with Crippen LogP contribution < -0.4 is 5.56 Å². The molecule has 4 aliphatic heterocycles. The molecular formula is C37H33N3O3S. The molecule has 5 aromatic rings. The van der Waals surface area contributed by atoms with Gasteiger partial charge in [-0.15, -0.1) is 11.8 Å². The van der Waals surface area contributed by atoms with Crippen molar-refractivity contribution in [1.82, 2.24) is 14.5 Å². The number of aromatic amines is 1. The lowest BCUT2D eigenvalue weighted by molar-refractivity contribution is -0.160. The maximum absolute atomic E-state index is 14.8. The van der Waals surface area contributed by atoms with Crippen molar-refractivity contribution in [2.75, 3.05) is 18.9 Å². The van der Waals surface area contributed by atoms with E-state index in [9.17, 15) is 9.59 Å². The second kappa shape index (κ2) is 9.71. The number of carbonyl (C=O) groups is 1. The van der Waals surface area contributed by atoms with Crippen molar-refractivity contribution in [2.24, 2.45) is 0 Å². The first-order chi connectivity index (χ1) is 21.6. The number of nitrogens with one attached hydrogen (secondary N) is 1. The molecule has 7 heteroatoms. The number of esters is 1. The van der Waals surface area contributed by atoms with Crippen molar-refractivity contribution in [3.05, 3.63) is 123 Å². The topological polar surface area (TPSA) is 67.3 Å². The van der Waals surface area contributed by atoms with Crippen molar-refractivity contribution in [2.45, 2.75) is 54.8 Å². The number of ether oxygens (including phenoxy) is 1. The van der Waals surface area contributed by atoms with Gasteiger partial charge in [-0.1, -0.05) is 78.9 Å². The van der Waals surface area contributed by atoms with Crippen LogP contribution in [-0.4, -0.2) is 39.3 Å². The lowest BCUT2D eigenvalue weighted by Crippen LogP contribution is -2.61. The maximum atomic E-state index is 14.8. The monoisotopic (exact) mass is 599 g/mol. The van der Waals surface area contributed by atoms with E-state index in [0.29, 0.717) is 13.0 Å². The number of pyridine rings is 1. The third kappa shape index (κ3) is 3.37. The van der Waals surface area contributed by atoms with E-state index in [1.165, 1.54) is 16.7 Å². The molecule has 1 saturated heterocycles. The molecule has 0 amide bonds. The molecule has 5 aliphatic rings. The number of thioether (sulfide) groups is 1. The summed E-state index contributed by atoms with van der Waals surface area (Å²) < 4.78 is 8.01. The first kappa shape index (κ1) is 26.3. The normalized spacial score (nSPS) is 26.1. The molecule has 220 valence electrons. The van der Waals surface area contributed by atoms with Crippen LogP contribution in [0.1, 0.15) is 59.3 Å². The Labute approximate surface area is 260 Å². The van der Waals surface area contributed by atoms with Gasteiger partial charge in [0.1, 0.15) is 5.41 Å². The van der Waals surface area contributed by atoms with Crippen molar-refractivity contribution in [3.63, 3.8) is 0 Å². The van der Waals surface area contributed by atoms with E-state index < -0.39 is 11.5 Å². The average molecular weight is 600 g/mol. The summed E-state index contributed by atoms with van der Waals surface area (Å²) in [5.41, 5.74) is 7.63. The number of benzene rings is 3. The third-order valence-electron chi connectivity index (χ3n) is 10.5. The summed E-state index contributed by atoms with van der Waals surface area (Å²) in [5.74, 6) is 0.551. The number of para-hydroxylation sites is 1. The van der Waals surface area contributed by atoms with Crippen LogP contribution in [-0.2, 0) is 27.9 Å². The highest BCUT2D eigenvalue weighted by Gasteiger charge is 2.66. The van der Waals surface area contributed by atoms with E-state index in [4.69, 9.17) is 4.74 Å². The molecule has 5 atom stereocenters. The highest BCUT2D eigenvalue weighted by molar-refractivity contribution is 7.99. The second-order valence-electron chi connectivity index (χ2n) is 12.5. The van der Waals surface area contributed by atoms with Gasteiger partial charge >= 0.3 is 5.97 Å². The lowest BCUT2D eigenvalue weighted by Gasteiger charge is -2.59. The Kier molecular flexibility index (Phi) is 5.82. The quantitative estimate of drug-likeness (QED) is 0.232. The molecule has 3 aromatic carbocycles. The summed E-state index contributed by atoms with van der Waals surface area (Å²) in [4.78, 5) is 35.8. The van der Waals surface area contributed by atoms with Gasteiger partial charge in [0, 0.05) is 58.5 Å². The first-order valence-corrected chi connectivity index (χ1v) is 16.7. The minimum atomic E-state index is -1.03. The SMILES string of the molecule is CCOC(=O)[C@]12C[C@@H]3c4c(-c5ccccc5)c5n(c(=O)c4[C@H]1N(CCc1c2[nH]c2ccccc12)[C@H]3c1ccccc1)CCS5. The number of carbonyl (C=O) groups excluding carboxylic acids is 1. The Bertz CT molecular complexity index is 2020. The zero-order valence-corrected chi connectivity index (χ0v) is 25.4. The second-order valence-corrected chi connectivity index (χ2v) is 13.5. The number of H-pyrrole nitrogens is 1. The Morgan fingerprint density at radius 3 is 2.52 bits per heavy atom. The summed E-state index contributed by atoms with van der Waals surface area (Å²) in [6.07, 6.45) is 1.36.